The Bertz CT molecular complexity index is 408. The molecule has 1 nitrogen and oxygen atoms in total. The molecule has 0 saturated heterocycles. The fourth-order valence-corrected chi connectivity index (χ4v) is 3.70. The van der Waals surface area contributed by atoms with Crippen molar-refractivity contribution in [2.24, 2.45) is 17.3 Å². The minimum atomic E-state index is 0.527. The van der Waals surface area contributed by atoms with Gasteiger partial charge in [-0.1, -0.05) is 43.7 Å². The molecule has 0 amide bonds. The van der Waals surface area contributed by atoms with Crippen LogP contribution in [0.4, 0.5) is 0 Å². The summed E-state index contributed by atoms with van der Waals surface area (Å²) in [7, 11) is 2.09. The predicted molar refractivity (Wildman–Crippen MR) is 83.4 cm³/mol. The third-order valence-corrected chi connectivity index (χ3v) is 4.72. The summed E-state index contributed by atoms with van der Waals surface area (Å²) in [4.78, 5) is 0. The Morgan fingerprint density at radius 1 is 1.26 bits per heavy atom. The smallest absolute Gasteiger partial charge is 0.00207 e. The summed E-state index contributed by atoms with van der Waals surface area (Å²) in [6.07, 6.45) is 5.37. The highest BCUT2D eigenvalue weighted by atomic mass is 14.8. The van der Waals surface area contributed by atoms with E-state index in [0.717, 1.165) is 11.8 Å². The van der Waals surface area contributed by atoms with Crippen LogP contribution in [0.3, 0.4) is 0 Å². The van der Waals surface area contributed by atoms with Crippen LogP contribution in [0, 0.1) is 24.2 Å². The lowest BCUT2D eigenvalue weighted by atomic mass is 9.65. The zero-order chi connectivity index (χ0) is 13.9. The molecule has 1 aliphatic rings. The molecule has 19 heavy (non-hydrogen) atoms. The summed E-state index contributed by atoms with van der Waals surface area (Å²) in [5.41, 5.74) is 3.43. The number of benzene rings is 1. The molecule has 0 radical (unpaired) electrons. The molecule has 0 spiro atoms. The van der Waals surface area contributed by atoms with Gasteiger partial charge in [0.1, 0.15) is 0 Å². The van der Waals surface area contributed by atoms with Crippen molar-refractivity contribution < 1.29 is 0 Å². The van der Waals surface area contributed by atoms with Gasteiger partial charge in [-0.05, 0) is 69.0 Å². The lowest BCUT2D eigenvalue weighted by Crippen LogP contribution is -2.36. The monoisotopic (exact) mass is 259 g/mol. The number of aryl methyl sites for hydroxylation is 1. The van der Waals surface area contributed by atoms with Gasteiger partial charge in [0.2, 0.25) is 0 Å². The number of rotatable bonds is 4. The van der Waals surface area contributed by atoms with Crippen LogP contribution in [0.5, 0.6) is 0 Å². The summed E-state index contributed by atoms with van der Waals surface area (Å²) in [6.45, 7) is 8.24. The summed E-state index contributed by atoms with van der Waals surface area (Å²) < 4.78 is 0. The molecule has 1 aliphatic carbocycles. The Balaban J connectivity index is 2.09. The number of nitrogens with one attached hydrogen (secondary N) is 1. The van der Waals surface area contributed by atoms with Crippen LogP contribution in [0.15, 0.2) is 24.3 Å². The molecule has 1 N–H and O–H groups in total. The largest absolute Gasteiger partial charge is 0.319 e. The number of hydrogen-bond donors (Lipinski definition) is 1. The van der Waals surface area contributed by atoms with Crippen molar-refractivity contribution in [1.29, 1.82) is 0 Å². The molecule has 0 aromatic heterocycles. The molecular weight excluding hydrogens is 230 g/mol. The average molecular weight is 259 g/mol. The van der Waals surface area contributed by atoms with Gasteiger partial charge in [0.15, 0.2) is 0 Å². The summed E-state index contributed by atoms with van der Waals surface area (Å²) in [5, 5.41) is 3.39. The maximum absolute atomic E-state index is 3.39. The van der Waals surface area contributed by atoms with Crippen LogP contribution in [-0.4, -0.2) is 13.6 Å². The van der Waals surface area contributed by atoms with E-state index in [1.165, 1.54) is 43.4 Å². The van der Waals surface area contributed by atoms with E-state index in [2.05, 4.69) is 57.4 Å². The van der Waals surface area contributed by atoms with E-state index < -0.39 is 0 Å². The van der Waals surface area contributed by atoms with Crippen LogP contribution < -0.4 is 5.32 Å². The second kappa shape index (κ2) is 6.09. The number of hydrogen-bond acceptors (Lipinski definition) is 1. The van der Waals surface area contributed by atoms with Crippen LogP contribution >= 0.6 is 0 Å². The van der Waals surface area contributed by atoms with Gasteiger partial charge < -0.3 is 5.32 Å². The van der Waals surface area contributed by atoms with Crippen molar-refractivity contribution in [1.82, 2.24) is 5.32 Å². The molecule has 2 rings (SSSR count). The first kappa shape index (κ1) is 14.6. The zero-order valence-corrected chi connectivity index (χ0v) is 13.0. The highest BCUT2D eigenvalue weighted by molar-refractivity contribution is 5.22. The fourth-order valence-electron chi connectivity index (χ4n) is 3.70. The molecule has 1 aromatic rings. The molecular formula is C18H29N. The average Bonchev–Trinajstić information content (AvgIpc) is 2.32. The van der Waals surface area contributed by atoms with Gasteiger partial charge in [0.25, 0.3) is 0 Å². The summed E-state index contributed by atoms with van der Waals surface area (Å²) >= 11 is 0. The van der Waals surface area contributed by atoms with Crippen molar-refractivity contribution in [2.75, 3.05) is 13.6 Å². The van der Waals surface area contributed by atoms with Crippen molar-refractivity contribution in [2.45, 2.75) is 46.5 Å². The highest BCUT2D eigenvalue weighted by Crippen LogP contribution is 2.42. The Labute approximate surface area is 118 Å². The molecule has 1 aromatic carbocycles. The van der Waals surface area contributed by atoms with Gasteiger partial charge in [0.05, 0.1) is 0 Å². The second-order valence-corrected chi connectivity index (χ2v) is 7.18. The molecule has 1 heteroatoms. The fraction of sp³-hybridized carbons (Fsp3) is 0.667. The molecule has 0 heterocycles. The van der Waals surface area contributed by atoms with Crippen LogP contribution in [0.1, 0.15) is 44.2 Å². The SMILES string of the molecule is CNCC1CCC(C)(C)CC1Cc1cccc(C)c1. The van der Waals surface area contributed by atoms with E-state index >= 15 is 0 Å². The van der Waals surface area contributed by atoms with E-state index in [1.54, 1.807) is 0 Å². The maximum atomic E-state index is 3.39. The summed E-state index contributed by atoms with van der Waals surface area (Å²) in [6, 6.07) is 9.05. The predicted octanol–water partition coefficient (Wildman–Crippen LogP) is 4.20. The Hall–Kier alpha value is -0.820. The minimum Gasteiger partial charge on any atom is -0.319 e. The second-order valence-electron chi connectivity index (χ2n) is 7.18. The first-order chi connectivity index (χ1) is 9.00. The normalized spacial score (nSPS) is 26.3. The first-order valence-electron chi connectivity index (χ1n) is 7.70. The molecule has 106 valence electrons. The van der Waals surface area contributed by atoms with Crippen molar-refractivity contribution in [3.05, 3.63) is 35.4 Å². The van der Waals surface area contributed by atoms with Gasteiger partial charge in [-0.2, -0.15) is 0 Å². The Morgan fingerprint density at radius 2 is 2.05 bits per heavy atom. The third-order valence-electron chi connectivity index (χ3n) is 4.72. The van der Waals surface area contributed by atoms with E-state index in [-0.39, 0.29) is 0 Å². The lowest BCUT2D eigenvalue weighted by Gasteiger charge is -2.41. The Morgan fingerprint density at radius 3 is 2.74 bits per heavy atom. The van der Waals surface area contributed by atoms with E-state index in [4.69, 9.17) is 0 Å². The molecule has 0 aliphatic heterocycles. The van der Waals surface area contributed by atoms with E-state index in [9.17, 15) is 0 Å². The van der Waals surface area contributed by atoms with Gasteiger partial charge in [-0.3, -0.25) is 0 Å². The molecule has 2 atom stereocenters. The quantitative estimate of drug-likeness (QED) is 0.854. The zero-order valence-electron chi connectivity index (χ0n) is 13.0. The maximum Gasteiger partial charge on any atom is -0.00207 e. The van der Waals surface area contributed by atoms with Crippen LogP contribution in [0.2, 0.25) is 0 Å². The first-order valence-corrected chi connectivity index (χ1v) is 7.70. The van der Waals surface area contributed by atoms with Gasteiger partial charge >= 0.3 is 0 Å². The summed E-state index contributed by atoms with van der Waals surface area (Å²) in [5.74, 6) is 1.68. The topological polar surface area (TPSA) is 12.0 Å². The third kappa shape index (κ3) is 4.07. The highest BCUT2D eigenvalue weighted by Gasteiger charge is 2.34. The Kier molecular flexibility index (Phi) is 4.67. The van der Waals surface area contributed by atoms with E-state index in [1.807, 2.05) is 0 Å². The molecule has 1 fully saturated rings. The minimum absolute atomic E-state index is 0.527. The van der Waals surface area contributed by atoms with Gasteiger partial charge in [-0.15, -0.1) is 0 Å². The molecule has 1 saturated carbocycles. The van der Waals surface area contributed by atoms with Gasteiger partial charge in [-0.25, -0.2) is 0 Å². The van der Waals surface area contributed by atoms with Crippen LogP contribution in [0.25, 0.3) is 0 Å². The van der Waals surface area contributed by atoms with Crippen LogP contribution in [-0.2, 0) is 6.42 Å². The molecule has 0 bridgehead atoms. The van der Waals surface area contributed by atoms with Crippen molar-refractivity contribution >= 4 is 0 Å². The molecule has 2 unspecified atom stereocenters. The van der Waals surface area contributed by atoms with Crippen molar-refractivity contribution in [3.63, 3.8) is 0 Å². The lowest BCUT2D eigenvalue weighted by molar-refractivity contribution is 0.117. The van der Waals surface area contributed by atoms with Gasteiger partial charge in [0, 0.05) is 0 Å². The van der Waals surface area contributed by atoms with Crippen molar-refractivity contribution in [3.8, 4) is 0 Å². The standard InChI is InChI=1S/C18H29N/c1-14-6-5-7-15(10-14)11-17-12-18(2,3)9-8-16(17)13-19-4/h5-7,10,16-17,19H,8-9,11-13H2,1-4H3. The van der Waals surface area contributed by atoms with E-state index in [0.29, 0.717) is 5.41 Å².